The summed E-state index contributed by atoms with van der Waals surface area (Å²) in [7, 11) is 0. The molecular weight excluding hydrogens is 146 g/mol. The van der Waals surface area contributed by atoms with Crippen LogP contribution in [-0.2, 0) is 6.42 Å². The fraction of sp³-hybridized carbons (Fsp3) is 0.455. The van der Waals surface area contributed by atoms with E-state index in [2.05, 4.69) is 43.8 Å². The first-order valence-corrected chi connectivity index (χ1v) is 4.62. The fourth-order valence-electron chi connectivity index (χ4n) is 1.27. The second-order valence-electron chi connectivity index (χ2n) is 3.50. The summed E-state index contributed by atoms with van der Waals surface area (Å²) in [6.07, 6.45) is 1.10. The predicted molar refractivity (Wildman–Crippen MR) is 52.0 cm³/mol. The molecule has 0 heterocycles. The number of hydrogen-bond acceptors (Lipinski definition) is 0. The highest BCUT2D eigenvalue weighted by atomic mass is 14.5. The average Bonchev–Trinajstić information content (AvgIpc) is 2.06. The first-order valence-electron chi connectivity index (χ1n) is 4.62. The maximum Gasteiger partial charge on any atom is 0.0780 e. The minimum Gasteiger partial charge on any atom is -0.357 e. The number of hydrogen-bond donors (Lipinski definition) is 1. The van der Waals surface area contributed by atoms with Crippen molar-refractivity contribution in [2.75, 3.05) is 6.54 Å². The maximum atomic E-state index is 3.84. The van der Waals surface area contributed by atoms with Gasteiger partial charge in [-0.05, 0) is 17.0 Å². The van der Waals surface area contributed by atoms with Gasteiger partial charge in [0.2, 0.25) is 0 Å². The molecule has 0 aliphatic carbocycles. The summed E-state index contributed by atoms with van der Waals surface area (Å²) in [6.45, 7) is 5.42. The third-order valence-electron chi connectivity index (χ3n) is 2.11. The Kier molecular flexibility index (Phi) is 3.30. The van der Waals surface area contributed by atoms with E-state index in [-0.39, 0.29) is 0 Å². The van der Waals surface area contributed by atoms with Gasteiger partial charge in [0.1, 0.15) is 0 Å². The zero-order chi connectivity index (χ0) is 8.97. The molecule has 0 unspecified atom stereocenters. The number of rotatable bonds is 3. The minimum absolute atomic E-state index is 0.638. The molecule has 3 N–H and O–H groups in total. The third kappa shape index (κ3) is 2.35. The summed E-state index contributed by atoms with van der Waals surface area (Å²) in [5.74, 6) is 0.638. The fourth-order valence-corrected chi connectivity index (χ4v) is 1.27. The van der Waals surface area contributed by atoms with Gasteiger partial charge in [0.05, 0.1) is 6.54 Å². The molecule has 0 radical (unpaired) electrons. The van der Waals surface area contributed by atoms with Gasteiger partial charge in [-0.15, -0.1) is 0 Å². The molecule has 0 saturated carbocycles. The molecule has 1 nitrogen and oxygen atoms in total. The number of quaternary nitrogens is 1. The Hall–Kier alpha value is -0.820. The van der Waals surface area contributed by atoms with Crippen molar-refractivity contribution in [2.45, 2.75) is 26.2 Å². The van der Waals surface area contributed by atoms with Crippen LogP contribution in [0, 0.1) is 0 Å². The molecule has 0 atom stereocenters. The van der Waals surface area contributed by atoms with Gasteiger partial charge in [-0.2, -0.15) is 0 Å². The van der Waals surface area contributed by atoms with Gasteiger partial charge in [0, 0.05) is 6.42 Å². The Balaban J connectivity index is 2.71. The molecule has 0 bridgehead atoms. The highest BCUT2D eigenvalue weighted by molar-refractivity contribution is 5.24. The second kappa shape index (κ2) is 4.27. The molecule has 1 aromatic rings. The first kappa shape index (κ1) is 9.27. The quantitative estimate of drug-likeness (QED) is 0.702. The monoisotopic (exact) mass is 164 g/mol. The normalized spacial score (nSPS) is 10.7. The van der Waals surface area contributed by atoms with E-state index >= 15 is 0 Å². The van der Waals surface area contributed by atoms with Crippen molar-refractivity contribution in [3.05, 3.63) is 35.4 Å². The highest BCUT2D eigenvalue weighted by Gasteiger charge is 1.98. The van der Waals surface area contributed by atoms with Gasteiger partial charge in [0.25, 0.3) is 0 Å². The zero-order valence-corrected chi connectivity index (χ0v) is 8.01. The molecule has 0 saturated heterocycles. The van der Waals surface area contributed by atoms with Crippen LogP contribution in [-0.4, -0.2) is 6.54 Å². The smallest absolute Gasteiger partial charge is 0.0780 e. The van der Waals surface area contributed by atoms with Crippen molar-refractivity contribution in [3.8, 4) is 0 Å². The Morgan fingerprint density at radius 1 is 1.17 bits per heavy atom. The van der Waals surface area contributed by atoms with Crippen LogP contribution < -0.4 is 5.73 Å². The van der Waals surface area contributed by atoms with Gasteiger partial charge in [0.15, 0.2) is 0 Å². The van der Waals surface area contributed by atoms with Gasteiger partial charge in [-0.3, -0.25) is 0 Å². The SMILES string of the molecule is CC(C)c1ccc(CC[NH3+])cc1. The summed E-state index contributed by atoms with van der Waals surface area (Å²) in [6, 6.07) is 8.85. The lowest BCUT2D eigenvalue weighted by atomic mass is 10.0. The standard InChI is InChI=1S/C11H17N/c1-9(2)11-5-3-10(4-6-11)7-8-12/h3-6,9H,7-8,12H2,1-2H3/p+1. The van der Waals surface area contributed by atoms with Crippen LogP contribution in [0.1, 0.15) is 30.9 Å². The molecule has 0 spiro atoms. The van der Waals surface area contributed by atoms with Gasteiger partial charge >= 0.3 is 0 Å². The van der Waals surface area contributed by atoms with Crippen LogP contribution in [0.4, 0.5) is 0 Å². The van der Waals surface area contributed by atoms with Crippen LogP contribution in [0.25, 0.3) is 0 Å². The van der Waals surface area contributed by atoms with E-state index in [1.807, 2.05) is 0 Å². The Bertz CT molecular complexity index is 223. The maximum absolute atomic E-state index is 3.84. The molecule has 1 rings (SSSR count). The van der Waals surface area contributed by atoms with E-state index in [1.165, 1.54) is 11.1 Å². The first-order chi connectivity index (χ1) is 5.74. The second-order valence-corrected chi connectivity index (χ2v) is 3.50. The topological polar surface area (TPSA) is 27.6 Å². The van der Waals surface area contributed by atoms with Gasteiger partial charge < -0.3 is 5.73 Å². The van der Waals surface area contributed by atoms with Crippen LogP contribution >= 0.6 is 0 Å². The average molecular weight is 164 g/mol. The number of benzene rings is 1. The highest BCUT2D eigenvalue weighted by Crippen LogP contribution is 2.14. The van der Waals surface area contributed by atoms with E-state index in [4.69, 9.17) is 0 Å². The van der Waals surface area contributed by atoms with Gasteiger partial charge in [-0.25, -0.2) is 0 Å². The molecule has 1 aromatic carbocycles. The molecular formula is C11H18N+. The van der Waals surface area contributed by atoms with E-state index in [0.29, 0.717) is 5.92 Å². The summed E-state index contributed by atoms with van der Waals surface area (Å²) in [5, 5.41) is 0. The van der Waals surface area contributed by atoms with E-state index in [1.54, 1.807) is 0 Å². The Morgan fingerprint density at radius 2 is 1.75 bits per heavy atom. The molecule has 0 aliphatic rings. The zero-order valence-electron chi connectivity index (χ0n) is 8.01. The van der Waals surface area contributed by atoms with Crippen molar-refractivity contribution in [1.82, 2.24) is 0 Å². The third-order valence-corrected chi connectivity index (χ3v) is 2.11. The molecule has 66 valence electrons. The summed E-state index contributed by atoms with van der Waals surface area (Å²) >= 11 is 0. The van der Waals surface area contributed by atoms with E-state index in [9.17, 15) is 0 Å². The summed E-state index contributed by atoms with van der Waals surface area (Å²) < 4.78 is 0. The van der Waals surface area contributed by atoms with Crippen LogP contribution in [0.2, 0.25) is 0 Å². The van der Waals surface area contributed by atoms with E-state index < -0.39 is 0 Å². The van der Waals surface area contributed by atoms with Crippen molar-refractivity contribution < 1.29 is 5.73 Å². The predicted octanol–water partition coefficient (Wildman–Crippen LogP) is 1.59. The van der Waals surface area contributed by atoms with Crippen LogP contribution in [0.5, 0.6) is 0 Å². The van der Waals surface area contributed by atoms with Crippen molar-refractivity contribution in [1.29, 1.82) is 0 Å². The molecule has 1 heteroatoms. The largest absolute Gasteiger partial charge is 0.357 e. The minimum atomic E-state index is 0.638. The lowest BCUT2D eigenvalue weighted by molar-refractivity contribution is -0.366. The molecule has 0 aromatic heterocycles. The summed E-state index contributed by atoms with van der Waals surface area (Å²) in [4.78, 5) is 0. The molecule has 0 fully saturated rings. The van der Waals surface area contributed by atoms with Crippen molar-refractivity contribution in [2.24, 2.45) is 0 Å². The Morgan fingerprint density at radius 3 is 2.17 bits per heavy atom. The molecule has 0 aliphatic heterocycles. The lowest BCUT2D eigenvalue weighted by Crippen LogP contribution is -2.51. The van der Waals surface area contributed by atoms with Crippen molar-refractivity contribution >= 4 is 0 Å². The van der Waals surface area contributed by atoms with Crippen LogP contribution in [0.15, 0.2) is 24.3 Å². The van der Waals surface area contributed by atoms with Gasteiger partial charge in [-0.1, -0.05) is 38.1 Å². The van der Waals surface area contributed by atoms with E-state index in [0.717, 1.165) is 13.0 Å². The van der Waals surface area contributed by atoms with Crippen molar-refractivity contribution in [3.63, 3.8) is 0 Å². The Labute approximate surface area is 74.6 Å². The molecule has 0 amide bonds. The molecule has 12 heavy (non-hydrogen) atoms. The summed E-state index contributed by atoms with van der Waals surface area (Å²) in [5.41, 5.74) is 6.66. The van der Waals surface area contributed by atoms with Crippen LogP contribution in [0.3, 0.4) is 0 Å². The lowest BCUT2D eigenvalue weighted by Gasteiger charge is -2.05.